The normalized spacial score (nSPS) is 10.4. The lowest BCUT2D eigenvalue weighted by Crippen LogP contribution is -2.13. The minimum atomic E-state index is 0.720. The lowest BCUT2D eigenvalue weighted by Gasteiger charge is -2.09. The van der Waals surface area contributed by atoms with Crippen molar-refractivity contribution < 1.29 is 4.74 Å². The third-order valence-corrected chi connectivity index (χ3v) is 2.15. The van der Waals surface area contributed by atoms with Gasteiger partial charge < -0.3 is 10.1 Å². The highest BCUT2D eigenvalue weighted by molar-refractivity contribution is 5.26. The Balaban J connectivity index is 2.60. The monoisotopic (exact) mass is 193 g/mol. The van der Waals surface area contributed by atoms with E-state index in [2.05, 4.69) is 36.5 Å². The van der Waals surface area contributed by atoms with Crippen LogP contribution in [-0.2, 0) is 17.9 Å². The number of benzene rings is 1. The summed E-state index contributed by atoms with van der Waals surface area (Å²) in [6.07, 6.45) is 0. The van der Waals surface area contributed by atoms with Crippen LogP contribution in [0.3, 0.4) is 0 Å². The molecule has 0 unspecified atom stereocenters. The van der Waals surface area contributed by atoms with Gasteiger partial charge in [0.05, 0.1) is 6.61 Å². The predicted molar refractivity (Wildman–Crippen MR) is 59.2 cm³/mol. The molecule has 1 rings (SSSR count). The van der Waals surface area contributed by atoms with E-state index in [1.54, 1.807) is 0 Å². The largest absolute Gasteiger partial charge is 0.377 e. The average Bonchev–Trinajstić information content (AvgIpc) is 2.24. The smallest absolute Gasteiger partial charge is 0.0719 e. The summed E-state index contributed by atoms with van der Waals surface area (Å²) in [6, 6.07) is 8.41. The van der Waals surface area contributed by atoms with Crippen molar-refractivity contribution in [3.63, 3.8) is 0 Å². The molecule has 1 aromatic carbocycles. The van der Waals surface area contributed by atoms with Gasteiger partial charge in [-0.1, -0.05) is 31.2 Å². The molecular weight excluding hydrogens is 174 g/mol. The standard InChI is InChI=1S/C12H19NO/c1-3-13-9-11-7-5-6-8-12(11)10-14-4-2/h5-8,13H,3-4,9-10H2,1-2H3. The summed E-state index contributed by atoms with van der Waals surface area (Å²) in [5, 5.41) is 3.33. The summed E-state index contributed by atoms with van der Waals surface area (Å²) in [5.74, 6) is 0. The van der Waals surface area contributed by atoms with E-state index in [1.807, 2.05) is 6.92 Å². The summed E-state index contributed by atoms with van der Waals surface area (Å²) in [4.78, 5) is 0. The molecule has 1 N–H and O–H groups in total. The van der Waals surface area contributed by atoms with Gasteiger partial charge in [-0.05, 0) is 24.6 Å². The lowest BCUT2D eigenvalue weighted by atomic mass is 10.1. The topological polar surface area (TPSA) is 21.3 Å². The molecule has 0 aliphatic heterocycles. The third kappa shape index (κ3) is 3.48. The fraction of sp³-hybridized carbons (Fsp3) is 0.500. The molecule has 78 valence electrons. The van der Waals surface area contributed by atoms with Gasteiger partial charge >= 0.3 is 0 Å². The number of nitrogens with one attached hydrogen (secondary N) is 1. The van der Waals surface area contributed by atoms with Crippen molar-refractivity contribution in [2.45, 2.75) is 27.0 Å². The highest BCUT2D eigenvalue weighted by Gasteiger charge is 1.99. The highest BCUT2D eigenvalue weighted by Crippen LogP contribution is 2.09. The molecular formula is C12H19NO. The van der Waals surface area contributed by atoms with E-state index in [9.17, 15) is 0 Å². The van der Waals surface area contributed by atoms with Gasteiger partial charge in [0.1, 0.15) is 0 Å². The average molecular weight is 193 g/mol. The molecule has 0 aliphatic carbocycles. The van der Waals surface area contributed by atoms with E-state index < -0.39 is 0 Å². The molecule has 14 heavy (non-hydrogen) atoms. The van der Waals surface area contributed by atoms with Crippen LogP contribution in [0, 0.1) is 0 Å². The molecule has 0 bridgehead atoms. The van der Waals surface area contributed by atoms with Crippen molar-refractivity contribution >= 4 is 0 Å². The molecule has 0 saturated carbocycles. The second-order valence-corrected chi connectivity index (χ2v) is 3.19. The van der Waals surface area contributed by atoms with Gasteiger partial charge in [0.25, 0.3) is 0 Å². The molecule has 0 aromatic heterocycles. The van der Waals surface area contributed by atoms with Gasteiger partial charge in [0, 0.05) is 13.2 Å². The first kappa shape index (κ1) is 11.2. The molecule has 0 aliphatic rings. The Morgan fingerprint density at radius 3 is 2.50 bits per heavy atom. The van der Waals surface area contributed by atoms with E-state index >= 15 is 0 Å². The quantitative estimate of drug-likeness (QED) is 0.748. The number of hydrogen-bond acceptors (Lipinski definition) is 2. The van der Waals surface area contributed by atoms with Crippen LogP contribution in [0.1, 0.15) is 25.0 Å². The molecule has 2 heteroatoms. The first-order chi connectivity index (χ1) is 6.88. The van der Waals surface area contributed by atoms with Crippen LogP contribution in [0.5, 0.6) is 0 Å². The van der Waals surface area contributed by atoms with Crippen molar-refractivity contribution in [3.05, 3.63) is 35.4 Å². The molecule has 0 radical (unpaired) electrons. The van der Waals surface area contributed by atoms with Crippen LogP contribution >= 0.6 is 0 Å². The van der Waals surface area contributed by atoms with E-state index in [0.717, 1.165) is 26.3 Å². The van der Waals surface area contributed by atoms with Gasteiger partial charge in [-0.25, -0.2) is 0 Å². The van der Waals surface area contributed by atoms with Crippen LogP contribution in [0.25, 0.3) is 0 Å². The number of hydrogen-bond donors (Lipinski definition) is 1. The summed E-state index contributed by atoms with van der Waals surface area (Å²) in [5.41, 5.74) is 2.62. The fourth-order valence-electron chi connectivity index (χ4n) is 1.34. The number of ether oxygens (including phenoxy) is 1. The summed E-state index contributed by atoms with van der Waals surface area (Å²) in [6.45, 7) is 7.56. The van der Waals surface area contributed by atoms with Crippen LogP contribution in [0.2, 0.25) is 0 Å². The first-order valence-corrected chi connectivity index (χ1v) is 5.23. The maximum absolute atomic E-state index is 5.41. The molecule has 0 saturated heterocycles. The van der Waals surface area contributed by atoms with E-state index in [-0.39, 0.29) is 0 Å². The predicted octanol–water partition coefficient (Wildman–Crippen LogP) is 2.33. The van der Waals surface area contributed by atoms with Crippen molar-refractivity contribution in [1.82, 2.24) is 5.32 Å². The summed E-state index contributed by atoms with van der Waals surface area (Å²) in [7, 11) is 0. The Bertz CT molecular complexity index is 233. The highest BCUT2D eigenvalue weighted by atomic mass is 16.5. The van der Waals surface area contributed by atoms with Gasteiger partial charge in [-0.3, -0.25) is 0 Å². The third-order valence-electron chi connectivity index (χ3n) is 2.15. The molecule has 0 amide bonds. The zero-order chi connectivity index (χ0) is 10.2. The minimum absolute atomic E-state index is 0.720. The van der Waals surface area contributed by atoms with Gasteiger partial charge in [-0.2, -0.15) is 0 Å². The van der Waals surface area contributed by atoms with E-state index in [0.29, 0.717) is 0 Å². The van der Waals surface area contributed by atoms with Crippen molar-refractivity contribution in [2.24, 2.45) is 0 Å². The molecule has 0 heterocycles. The van der Waals surface area contributed by atoms with Crippen LogP contribution in [0.4, 0.5) is 0 Å². The first-order valence-electron chi connectivity index (χ1n) is 5.23. The fourth-order valence-corrected chi connectivity index (χ4v) is 1.34. The van der Waals surface area contributed by atoms with E-state index in [4.69, 9.17) is 4.74 Å². The summed E-state index contributed by atoms with van der Waals surface area (Å²) < 4.78 is 5.41. The Labute approximate surface area is 86.3 Å². The second kappa shape index (κ2) is 6.57. The Morgan fingerprint density at radius 2 is 1.86 bits per heavy atom. The Kier molecular flexibility index (Phi) is 5.27. The van der Waals surface area contributed by atoms with Gasteiger partial charge in [-0.15, -0.1) is 0 Å². The van der Waals surface area contributed by atoms with Crippen LogP contribution < -0.4 is 5.32 Å². The van der Waals surface area contributed by atoms with Gasteiger partial charge in [0.15, 0.2) is 0 Å². The SMILES string of the molecule is CCNCc1ccccc1COCC. The van der Waals surface area contributed by atoms with Crippen molar-refractivity contribution in [1.29, 1.82) is 0 Å². The Hall–Kier alpha value is -0.860. The van der Waals surface area contributed by atoms with Crippen LogP contribution in [0.15, 0.2) is 24.3 Å². The maximum Gasteiger partial charge on any atom is 0.0719 e. The molecule has 0 fully saturated rings. The van der Waals surface area contributed by atoms with Crippen molar-refractivity contribution in [3.8, 4) is 0 Å². The zero-order valence-corrected chi connectivity index (χ0v) is 9.05. The Morgan fingerprint density at radius 1 is 1.14 bits per heavy atom. The maximum atomic E-state index is 5.41. The van der Waals surface area contributed by atoms with Gasteiger partial charge in [0.2, 0.25) is 0 Å². The molecule has 2 nitrogen and oxygen atoms in total. The van der Waals surface area contributed by atoms with E-state index in [1.165, 1.54) is 11.1 Å². The molecule has 0 spiro atoms. The lowest BCUT2D eigenvalue weighted by molar-refractivity contribution is 0.133. The van der Waals surface area contributed by atoms with Crippen molar-refractivity contribution in [2.75, 3.05) is 13.2 Å². The minimum Gasteiger partial charge on any atom is -0.377 e. The molecule has 1 aromatic rings. The van der Waals surface area contributed by atoms with Crippen LogP contribution in [-0.4, -0.2) is 13.2 Å². The second-order valence-electron chi connectivity index (χ2n) is 3.19. The molecule has 0 atom stereocenters. The zero-order valence-electron chi connectivity index (χ0n) is 9.05. The number of rotatable bonds is 6. The summed E-state index contributed by atoms with van der Waals surface area (Å²) >= 11 is 0.